The summed E-state index contributed by atoms with van der Waals surface area (Å²) in [6.07, 6.45) is 5.60. The molecule has 2 atom stereocenters. The second-order valence-corrected chi connectivity index (χ2v) is 5.59. The largest absolute Gasteiger partial charge is 0.299 e. The minimum absolute atomic E-state index is 0.317. The Morgan fingerprint density at radius 3 is 2.57 bits per heavy atom. The van der Waals surface area contributed by atoms with Crippen LogP contribution < -0.4 is 0 Å². The average molecular weight is 196 g/mol. The van der Waals surface area contributed by atoms with E-state index in [0.29, 0.717) is 23.0 Å². The summed E-state index contributed by atoms with van der Waals surface area (Å²) in [5, 5.41) is 0. The van der Waals surface area contributed by atoms with Crippen LogP contribution in [-0.2, 0) is 4.79 Å². The molecule has 0 aromatic heterocycles. The van der Waals surface area contributed by atoms with Crippen LogP contribution in [0.1, 0.15) is 59.8 Å². The fraction of sp³-hybridized carbons (Fsp3) is 0.923. The summed E-state index contributed by atoms with van der Waals surface area (Å²) in [6, 6.07) is 0. The molecule has 0 N–H and O–H groups in total. The van der Waals surface area contributed by atoms with E-state index < -0.39 is 0 Å². The van der Waals surface area contributed by atoms with Gasteiger partial charge in [-0.2, -0.15) is 0 Å². The highest BCUT2D eigenvalue weighted by molar-refractivity contribution is 5.82. The predicted octanol–water partition coefficient (Wildman–Crippen LogP) is 3.82. The van der Waals surface area contributed by atoms with Crippen molar-refractivity contribution in [1.82, 2.24) is 0 Å². The molecule has 0 saturated heterocycles. The van der Waals surface area contributed by atoms with Crippen LogP contribution >= 0.6 is 0 Å². The molecule has 14 heavy (non-hydrogen) atoms. The first-order chi connectivity index (χ1) is 6.48. The van der Waals surface area contributed by atoms with Gasteiger partial charge in [-0.15, -0.1) is 0 Å². The molecular formula is C13H24O. The molecule has 0 spiro atoms. The minimum Gasteiger partial charge on any atom is -0.299 e. The van der Waals surface area contributed by atoms with E-state index in [9.17, 15) is 4.79 Å². The van der Waals surface area contributed by atoms with Gasteiger partial charge in [-0.3, -0.25) is 4.79 Å². The Morgan fingerprint density at radius 1 is 1.50 bits per heavy atom. The molecule has 1 saturated carbocycles. The molecule has 0 heterocycles. The van der Waals surface area contributed by atoms with Gasteiger partial charge in [-0.05, 0) is 30.6 Å². The van der Waals surface area contributed by atoms with Crippen molar-refractivity contribution in [2.75, 3.05) is 0 Å². The van der Waals surface area contributed by atoms with Gasteiger partial charge in [-0.1, -0.05) is 34.1 Å². The van der Waals surface area contributed by atoms with Crippen molar-refractivity contribution in [3.63, 3.8) is 0 Å². The quantitative estimate of drug-likeness (QED) is 0.670. The second kappa shape index (κ2) is 4.46. The summed E-state index contributed by atoms with van der Waals surface area (Å²) < 4.78 is 0. The first kappa shape index (κ1) is 11.7. The molecule has 0 aromatic rings. The van der Waals surface area contributed by atoms with Crippen molar-refractivity contribution >= 4 is 5.78 Å². The molecule has 1 rings (SSSR count). The summed E-state index contributed by atoms with van der Waals surface area (Å²) >= 11 is 0. The Hall–Kier alpha value is -0.330. The highest BCUT2D eigenvalue weighted by Crippen LogP contribution is 2.41. The van der Waals surface area contributed by atoms with Crippen molar-refractivity contribution in [3.8, 4) is 0 Å². The van der Waals surface area contributed by atoms with E-state index in [-0.39, 0.29) is 0 Å². The molecule has 0 aromatic carbocycles. The van der Waals surface area contributed by atoms with E-state index in [1.54, 1.807) is 0 Å². The fourth-order valence-corrected chi connectivity index (χ4v) is 2.83. The summed E-state index contributed by atoms with van der Waals surface area (Å²) in [5.41, 5.74) is 0.317. The van der Waals surface area contributed by atoms with Crippen LogP contribution in [0.4, 0.5) is 0 Å². The van der Waals surface area contributed by atoms with Crippen LogP contribution in [0.3, 0.4) is 0 Å². The SMILES string of the molecule is CCCC1(C)CCC(C(C)C)C(=O)C1. The second-order valence-electron chi connectivity index (χ2n) is 5.59. The lowest BCUT2D eigenvalue weighted by atomic mass is 9.66. The monoisotopic (exact) mass is 196 g/mol. The number of carbonyl (C=O) groups excluding carboxylic acids is 1. The van der Waals surface area contributed by atoms with E-state index in [0.717, 1.165) is 12.8 Å². The first-order valence-corrected chi connectivity index (χ1v) is 6.01. The molecule has 0 radical (unpaired) electrons. The zero-order valence-electron chi connectivity index (χ0n) is 10.1. The third-order valence-electron chi connectivity index (χ3n) is 3.73. The van der Waals surface area contributed by atoms with Gasteiger partial charge >= 0.3 is 0 Å². The van der Waals surface area contributed by atoms with E-state index in [4.69, 9.17) is 0 Å². The lowest BCUT2D eigenvalue weighted by molar-refractivity contribution is -0.129. The molecule has 2 unspecified atom stereocenters. The Labute approximate surface area is 88.3 Å². The maximum Gasteiger partial charge on any atom is 0.136 e. The Kier molecular flexibility index (Phi) is 3.74. The first-order valence-electron chi connectivity index (χ1n) is 6.01. The van der Waals surface area contributed by atoms with Crippen LogP contribution in [0.2, 0.25) is 0 Å². The highest BCUT2D eigenvalue weighted by atomic mass is 16.1. The normalized spacial score (nSPS) is 33.8. The molecule has 1 heteroatoms. The van der Waals surface area contributed by atoms with Crippen LogP contribution in [0, 0.1) is 17.3 Å². The molecule has 0 bridgehead atoms. The third kappa shape index (κ3) is 2.59. The average Bonchev–Trinajstić information content (AvgIpc) is 2.02. The van der Waals surface area contributed by atoms with Gasteiger partial charge in [0.2, 0.25) is 0 Å². The Morgan fingerprint density at radius 2 is 2.14 bits per heavy atom. The zero-order chi connectivity index (χ0) is 10.8. The summed E-state index contributed by atoms with van der Waals surface area (Å²) in [5.74, 6) is 1.40. The van der Waals surface area contributed by atoms with Crippen molar-refractivity contribution < 1.29 is 4.79 Å². The third-order valence-corrected chi connectivity index (χ3v) is 3.73. The highest BCUT2D eigenvalue weighted by Gasteiger charge is 2.36. The van der Waals surface area contributed by atoms with Crippen LogP contribution in [0.25, 0.3) is 0 Å². The summed E-state index contributed by atoms with van der Waals surface area (Å²) in [7, 11) is 0. The maximum atomic E-state index is 11.9. The van der Waals surface area contributed by atoms with Crippen molar-refractivity contribution in [2.45, 2.75) is 59.8 Å². The van der Waals surface area contributed by atoms with Gasteiger partial charge in [0.15, 0.2) is 0 Å². The molecule has 1 aliphatic carbocycles. The van der Waals surface area contributed by atoms with Gasteiger partial charge in [0, 0.05) is 12.3 Å². The predicted molar refractivity (Wildman–Crippen MR) is 60.2 cm³/mol. The number of hydrogen-bond donors (Lipinski definition) is 0. The minimum atomic E-state index is 0.317. The molecule has 0 amide bonds. The van der Waals surface area contributed by atoms with Gasteiger partial charge < -0.3 is 0 Å². The Balaban J connectivity index is 2.58. The summed E-state index contributed by atoms with van der Waals surface area (Å²) in [4.78, 5) is 11.9. The molecular weight excluding hydrogens is 172 g/mol. The molecule has 1 nitrogen and oxygen atoms in total. The lowest BCUT2D eigenvalue weighted by Crippen LogP contribution is -2.34. The number of rotatable bonds is 3. The topological polar surface area (TPSA) is 17.1 Å². The molecule has 0 aliphatic heterocycles. The van der Waals surface area contributed by atoms with Crippen LogP contribution in [-0.4, -0.2) is 5.78 Å². The van der Waals surface area contributed by atoms with E-state index >= 15 is 0 Å². The number of hydrogen-bond acceptors (Lipinski definition) is 1. The fourth-order valence-electron chi connectivity index (χ4n) is 2.83. The van der Waals surface area contributed by atoms with Crippen molar-refractivity contribution in [2.24, 2.45) is 17.3 Å². The number of carbonyl (C=O) groups is 1. The smallest absolute Gasteiger partial charge is 0.136 e. The van der Waals surface area contributed by atoms with Gasteiger partial charge in [0.25, 0.3) is 0 Å². The number of ketones is 1. The Bertz CT molecular complexity index is 207. The van der Waals surface area contributed by atoms with Gasteiger partial charge in [-0.25, -0.2) is 0 Å². The van der Waals surface area contributed by atoms with Crippen molar-refractivity contribution in [1.29, 1.82) is 0 Å². The van der Waals surface area contributed by atoms with Crippen LogP contribution in [0.5, 0.6) is 0 Å². The van der Waals surface area contributed by atoms with E-state index in [1.807, 2.05) is 0 Å². The lowest BCUT2D eigenvalue weighted by Gasteiger charge is -2.37. The van der Waals surface area contributed by atoms with Crippen molar-refractivity contribution in [3.05, 3.63) is 0 Å². The van der Waals surface area contributed by atoms with Gasteiger partial charge in [0.1, 0.15) is 5.78 Å². The van der Waals surface area contributed by atoms with E-state index in [1.165, 1.54) is 19.3 Å². The zero-order valence-corrected chi connectivity index (χ0v) is 10.1. The standard InChI is InChI=1S/C13H24O/c1-5-7-13(4)8-6-11(10(2)3)12(14)9-13/h10-11H,5-9H2,1-4H3. The molecule has 1 aliphatic rings. The summed E-state index contributed by atoms with van der Waals surface area (Å²) in [6.45, 7) is 8.84. The van der Waals surface area contributed by atoms with Gasteiger partial charge in [0.05, 0.1) is 0 Å². The maximum absolute atomic E-state index is 11.9. The molecule has 1 fully saturated rings. The number of Topliss-reactive ketones (excluding diaryl/α,β-unsaturated/α-hetero) is 1. The van der Waals surface area contributed by atoms with E-state index in [2.05, 4.69) is 27.7 Å². The van der Waals surface area contributed by atoms with Crippen LogP contribution in [0.15, 0.2) is 0 Å². The molecule has 82 valence electrons.